The second-order valence-corrected chi connectivity index (χ2v) is 7.03. The number of fused-ring (bicyclic) bond motifs is 1. The molecule has 1 aromatic heterocycles. The van der Waals surface area contributed by atoms with Gasteiger partial charge in [0.2, 0.25) is 0 Å². The van der Waals surface area contributed by atoms with Crippen LogP contribution in [0.5, 0.6) is 0 Å². The van der Waals surface area contributed by atoms with Gasteiger partial charge in [-0.05, 0) is 42.0 Å². The van der Waals surface area contributed by atoms with E-state index in [0.717, 1.165) is 22.7 Å². The van der Waals surface area contributed by atoms with Gasteiger partial charge in [0.15, 0.2) is 0 Å². The third-order valence-corrected chi connectivity index (χ3v) is 5.14. The fraction of sp³-hybridized carbons (Fsp3) is 0.217. The van der Waals surface area contributed by atoms with Crippen LogP contribution in [-0.2, 0) is 6.54 Å². The van der Waals surface area contributed by atoms with E-state index in [-0.39, 0.29) is 12.1 Å². The summed E-state index contributed by atoms with van der Waals surface area (Å²) in [4.78, 5) is 17.1. The molecular formula is C23H22N4O2. The summed E-state index contributed by atoms with van der Waals surface area (Å²) in [6.45, 7) is 1.05. The molecule has 0 saturated heterocycles. The van der Waals surface area contributed by atoms with E-state index in [9.17, 15) is 4.79 Å². The van der Waals surface area contributed by atoms with Crippen molar-refractivity contribution >= 4 is 17.3 Å². The number of carbonyl (C=O) groups is 1. The molecule has 0 radical (unpaired) electrons. The Bertz CT molecular complexity index is 1020. The third-order valence-electron chi connectivity index (χ3n) is 5.14. The van der Waals surface area contributed by atoms with E-state index in [1.165, 1.54) is 0 Å². The van der Waals surface area contributed by atoms with Crippen LogP contribution in [0.2, 0.25) is 0 Å². The molecule has 1 N–H and O–H groups in total. The number of nitriles is 1. The minimum absolute atomic E-state index is 0.0315. The molecule has 6 heteroatoms. The maximum atomic E-state index is 13.2. The van der Waals surface area contributed by atoms with Crippen molar-refractivity contribution < 1.29 is 9.21 Å². The Labute approximate surface area is 170 Å². The van der Waals surface area contributed by atoms with E-state index in [0.29, 0.717) is 25.1 Å². The van der Waals surface area contributed by atoms with E-state index >= 15 is 0 Å². The van der Waals surface area contributed by atoms with Crippen LogP contribution in [0.3, 0.4) is 0 Å². The fourth-order valence-electron chi connectivity index (χ4n) is 3.55. The summed E-state index contributed by atoms with van der Waals surface area (Å²) in [5, 5.41) is 12.3. The third kappa shape index (κ3) is 3.81. The molecule has 1 atom stereocenters. The number of nitrogens with zero attached hydrogens (tertiary/aromatic N) is 3. The summed E-state index contributed by atoms with van der Waals surface area (Å²) >= 11 is 0. The smallest absolute Gasteiger partial charge is 0.258 e. The topological polar surface area (TPSA) is 72.5 Å². The van der Waals surface area contributed by atoms with Crippen LogP contribution < -0.4 is 10.2 Å². The Morgan fingerprint density at radius 1 is 1.14 bits per heavy atom. The zero-order chi connectivity index (χ0) is 20.2. The molecule has 0 fully saturated rings. The van der Waals surface area contributed by atoms with Crippen LogP contribution in [0.4, 0.5) is 11.4 Å². The number of furan rings is 1. The number of amides is 1. The molecule has 1 aliphatic heterocycles. The number of benzene rings is 2. The maximum Gasteiger partial charge on any atom is 0.258 e. The highest BCUT2D eigenvalue weighted by molar-refractivity contribution is 6.01. The molecule has 3 aromatic rings. The Kier molecular flexibility index (Phi) is 5.21. The van der Waals surface area contributed by atoms with E-state index < -0.39 is 0 Å². The first-order chi connectivity index (χ1) is 14.2. The first kappa shape index (κ1) is 18.6. The molecule has 0 saturated carbocycles. The lowest BCUT2D eigenvalue weighted by Crippen LogP contribution is -2.42. The van der Waals surface area contributed by atoms with Crippen LogP contribution in [0, 0.1) is 11.3 Å². The molecule has 2 aromatic carbocycles. The van der Waals surface area contributed by atoms with Gasteiger partial charge in [-0.15, -0.1) is 0 Å². The molecule has 1 amide bonds. The van der Waals surface area contributed by atoms with Gasteiger partial charge in [0, 0.05) is 25.0 Å². The van der Waals surface area contributed by atoms with Gasteiger partial charge in [-0.3, -0.25) is 4.79 Å². The minimum Gasteiger partial charge on any atom is -0.467 e. The first-order valence-corrected chi connectivity index (χ1v) is 9.54. The summed E-state index contributed by atoms with van der Waals surface area (Å²) in [6.07, 6.45) is 1.79. The summed E-state index contributed by atoms with van der Waals surface area (Å²) < 4.78 is 5.49. The lowest BCUT2D eigenvalue weighted by atomic mass is 10.0. The summed E-state index contributed by atoms with van der Waals surface area (Å²) in [6, 6.07) is 21.5. The lowest BCUT2D eigenvalue weighted by Gasteiger charge is -2.38. The normalized spacial score (nSPS) is 15.4. The number of para-hydroxylation sites is 1. The van der Waals surface area contributed by atoms with Crippen molar-refractivity contribution in [2.45, 2.75) is 19.1 Å². The fourth-order valence-corrected chi connectivity index (χ4v) is 3.55. The van der Waals surface area contributed by atoms with Crippen molar-refractivity contribution in [3.8, 4) is 6.07 Å². The SMILES string of the molecule is CN(CCC#N)c1ccc([C@H]2Nc3ccccc3C(=O)N2Cc2ccco2)cc1. The molecule has 2 heterocycles. The van der Waals surface area contributed by atoms with Gasteiger partial charge in [0.25, 0.3) is 5.91 Å². The van der Waals surface area contributed by atoms with Crippen LogP contribution in [0.1, 0.15) is 34.3 Å². The van der Waals surface area contributed by atoms with Crippen LogP contribution in [0.15, 0.2) is 71.3 Å². The largest absolute Gasteiger partial charge is 0.467 e. The molecule has 0 spiro atoms. The van der Waals surface area contributed by atoms with Gasteiger partial charge < -0.3 is 19.5 Å². The second-order valence-electron chi connectivity index (χ2n) is 7.03. The van der Waals surface area contributed by atoms with Crippen LogP contribution in [0.25, 0.3) is 0 Å². The second kappa shape index (κ2) is 8.11. The quantitative estimate of drug-likeness (QED) is 0.680. The first-order valence-electron chi connectivity index (χ1n) is 9.54. The Morgan fingerprint density at radius 3 is 2.66 bits per heavy atom. The van der Waals surface area contributed by atoms with Gasteiger partial charge in [0.1, 0.15) is 11.9 Å². The molecule has 6 nitrogen and oxygen atoms in total. The maximum absolute atomic E-state index is 13.2. The highest BCUT2D eigenvalue weighted by atomic mass is 16.3. The summed E-state index contributed by atoms with van der Waals surface area (Å²) in [5.41, 5.74) is 3.50. The van der Waals surface area contributed by atoms with Gasteiger partial charge in [-0.1, -0.05) is 24.3 Å². The van der Waals surface area contributed by atoms with Crippen molar-refractivity contribution in [2.24, 2.45) is 0 Å². The molecule has 1 aliphatic rings. The zero-order valence-electron chi connectivity index (χ0n) is 16.2. The zero-order valence-corrected chi connectivity index (χ0v) is 16.2. The minimum atomic E-state index is -0.305. The molecule has 146 valence electrons. The van der Waals surface area contributed by atoms with Crippen LogP contribution in [-0.4, -0.2) is 24.4 Å². The standard InChI is InChI=1S/C23H22N4O2/c1-26(14-5-13-24)18-11-9-17(10-12-18)22-25-21-8-3-2-7-20(21)23(28)27(22)16-19-6-4-15-29-19/h2-4,6-12,15,22,25H,5,14,16H2,1H3/t22-/m0/s1. The Morgan fingerprint density at radius 2 is 1.93 bits per heavy atom. The molecular weight excluding hydrogens is 364 g/mol. The monoisotopic (exact) mass is 386 g/mol. The predicted octanol–water partition coefficient (Wildman–Crippen LogP) is 4.40. The Hall–Kier alpha value is -3.72. The molecule has 4 rings (SSSR count). The Balaban J connectivity index is 1.64. The molecule has 29 heavy (non-hydrogen) atoms. The average molecular weight is 386 g/mol. The molecule has 0 unspecified atom stereocenters. The number of rotatable bonds is 6. The number of nitrogens with one attached hydrogen (secondary N) is 1. The summed E-state index contributed by atoms with van der Waals surface area (Å²) in [7, 11) is 1.97. The van der Waals surface area contributed by atoms with E-state index in [1.807, 2.05) is 72.6 Å². The van der Waals surface area contributed by atoms with E-state index in [2.05, 4.69) is 11.4 Å². The van der Waals surface area contributed by atoms with Gasteiger partial charge in [-0.25, -0.2) is 0 Å². The lowest BCUT2D eigenvalue weighted by molar-refractivity contribution is 0.0651. The van der Waals surface area contributed by atoms with Crippen molar-refractivity contribution in [3.05, 3.63) is 83.8 Å². The van der Waals surface area contributed by atoms with Gasteiger partial charge in [-0.2, -0.15) is 5.26 Å². The van der Waals surface area contributed by atoms with Crippen molar-refractivity contribution in [2.75, 3.05) is 23.8 Å². The molecule has 0 aliphatic carbocycles. The molecule has 0 bridgehead atoms. The number of carbonyl (C=O) groups excluding carboxylic acids is 1. The van der Waals surface area contributed by atoms with E-state index in [4.69, 9.17) is 9.68 Å². The highest BCUT2D eigenvalue weighted by Crippen LogP contribution is 2.34. The number of hydrogen-bond donors (Lipinski definition) is 1. The number of hydrogen-bond acceptors (Lipinski definition) is 5. The van der Waals surface area contributed by atoms with E-state index in [1.54, 1.807) is 11.2 Å². The highest BCUT2D eigenvalue weighted by Gasteiger charge is 2.33. The van der Waals surface area contributed by atoms with Gasteiger partial charge in [0.05, 0.1) is 30.9 Å². The van der Waals surface area contributed by atoms with Crippen molar-refractivity contribution in [3.63, 3.8) is 0 Å². The predicted molar refractivity (Wildman–Crippen MR) is 111 cm³/mol. The van der Waals surface area contributed by atoms with Crippen LogP contribution >= 0.6 is 0 Å². The van der Waals surface area contributed by atoms with Crippen molar-refractivity contribution in [1.29, 1.82) is 5.26 Å². The van der Waals surface area contributed by atoms with Gasteiger partial charge >= 0.3 is 0 Å². The van der Waals surface area contributed by atoms with Crippen molar-refractivity contribution in [1.82, 2.24) is 4.90 Å². The number of anilines is 2. The summed E-state index contributed by atoms with van der Waals surface area (Å²) in [5.74, 6) is 0.702. The average Bonchev–Trinajstić information content (AvgIpc) is 3.27.